The predicted octanol–water partition coefficient (Wildman–Crippen LogP) is 7.60. The number of hydrogen-bond donors (Lipinski definition) is 2. The van der Waals surface area contributed by atoms with E-state index in [0.717, 1.165) is 54.7 Å². The van der Waals surface area contributed by atoms with Crippen molar-refractivity contribution in [3.05, 3.63) is 75.6 Å². The summed E-state index contributed by atoms with van der Waals surface area (Å²) in [5, 5.41) is 3.73. The summed E-state index contributed by atoms with van der Waals surface area (Å²) in [4.78, 5) is 3.17. The van der Waals surface area contributed by atoms with Crippen molar-refractivity contribution in [2.75, 3.05) is 23.0 Å². The molecule has 8 nitrogen and oxygen atoms in total. The lowest BCUT2D eigenvalue weighted by atomic mass is 10.0. The van der Waals surface area contributed by atoms with Crippen LogP contribution in [0.5, 0.6) is 5.75 Å². The molecule has 230 valence electrons. The number of benzene rings is 3. The zero-order valence-electron chi connectivity index (χ0n) is 23.7. The molecule has 5 rings (SSSR count). The molecular weight excluding hydrogens is 630 g/mol. The van der Waals surface area contributed by atoms with Crippen LogP contribution in [0, 0.1) is 0 Å². The molecule has 0 fully saturated rings. The largest absolute Gasteiger partial charge is 0.468 e. The van der Waals surface area contributed by atoms with Crippen molar-refractivity contribution in [1.29, 1.82) is 0 Å². The first-order valence-electron chi connectivity index (χ1n) is 14.2. The third kappa shape index (κ3) is 7.89. The third-order valence-corrected chi connectivity index (χ3v) is 10.7. The molecule has 2 heterocycles. The number of thiophene rings is 1. The summed E-state index contributed by atoms with van der Waals surface area (Å²) in [5.41, 5.74) is 3.15. The average Bonchev–Trinajstić information content (AvgIpc) is 3.46. The van der Waals surface area contributed by atoms with Gasteiger partial charge in [0.25, 0.3) is 20.2 Å². The minimum atomic E-state index is -4.09. The Morgan fingerprint density at radius 3 is 2.47 bits per heavy atom. The molecule has 1 unspecified atom stereocenters. The normalized spacial score (nSPS) is 15.8. The highest BCUT2D eigenvalue weighted by Gasteiger charge is 2.33. The summed E-state index contributed by atoms with van der Waals surface area (Å²) in [5.74, 6) is 0.128. The van der Waals surface area contributed by atoms with E-state index in [4.69, 9.17) is 20.9 Å². The Hall–Kier alpha value is -2.67. The van der Waals surface area contributed by atoms with Crippen molar-refractivity contribution >= 4 is 75.8 Å². The Morgan fingerprint density at radius 2 is 1.72 bits per heavy atom. The van der Waals surface area contributed by atoms with Crippen molar-refractivity contribution in [3.63, 3.8) is 0 Å². The van der Waals surface area contributed by atoms with Gasteiger partial charge in [0.05, 0.1) is 17.2 Å². The van der Waals surface area contributed by atoms with Crippen molar-refractivity contribution in [2.45, 2.75) is 51.7 Å². The van der Waals surface area contributed by atoms with E-state index in [-0.39, 0.29) is 24.2 Å². The van der Waals surface area contributed by atoms with Gasteiger partial charge in [-0.15, -0.1) is 11.3 Å². The summed E-state index contributed by atoms with van der Waals surface area (Å²) in [6, 6.07) is 17.7. The molecule has 3 aromatic carbocycles. The molecular formula is C31H34ClNO7S3. The van der Waals surface area contributed by atoms with E-state index in [0.29, 0.717) is 37.3 Å². The lowest BCUT2D eigenvalue weighted by Crippen LogP contribution is -2.36. The maximum Gasteiger partial charge on any atom is 0.264 e. The molecule has 0 aliphatic carbocycles. The molecule has 0 amide bonds. The molecule has 1 aliphatic heterocycles. The molecule has 0 saturated heterocycles. The SMILES string of the molecule is CC/C(=C\c1sc2ccc(Cl)cc2c1CCCCS(=O)(=O)O)CC1Oc2ccc3ccccc3c2N1CCCS(=O)(=O)O. The van der Waals surface area contributed by atoms with Gasteiger partial charge in [0, 0.05) is 33.0 Å². The van der Waals surface area contributed by atoms with Crippen LogP contribution in [-0.2, 0) is 26.7 Å². The van der Waals surface area contributed by atoms with E-state index in [1.165, 1.54) is 0 Å². The van der Waals surface area contributed by atoms with Crippen LogP contribution in [0.15, 0.2) is 60.2 Å². The fourth-order valence-corrected chi connectivity index (χ4v) is 8.08. The molecule has 0 spiro atoms. The van der Waals surface area contributed by atoms with Gasteiger partial charge in [-0.05, 0) is 78.8 Å². The van der Waals surface area contributed by atoms with Crippen LogP contribution in [0.25, 0.3) is 26.9 Å². The molecule has 0 radical (unpaired) electrons. The maximum atomic E-state index is 11.5. The highest BCUT2D eigenvalue weighted by Crippen LogP contribution is 2.45. The molecule has 4 aromatic rings. The van der Waals surface area contributed by atoms with Gasteiger partial charge >= 0.3 is 0 Å². The van der Waals surface area contributed by atoms with E-state index in [1.54, 1.807) is 11.3 Å². The van der Waals surface area contributed by atoms with Gasteiger partial charge in [-0.2, -0.15) is 16.8 Å². The summed E-state index contributed by atoms with van der Waals surface area (Å²) < 4.78 is 71.5. The molecule has 1 aliphatic rings. The molecule has 43 heavy (non-hydrogen) atoms. The number of aryl methyl sites for hydroxylation is 1. The lowest BCUT2D eigenvalue weighted by Gasteiger charge is -2.26. The Morgan fingerprint density at radius 1 is 0.977 bits per heavy atom. The van der Waals surface area contributed by atoms with Gasteiger partial charge in [0.1, 0.15) is 5.75 Å². The number of ether oxygens (including phenoxy) is 1. The standard InChI is InChI=1S/C31H34ClNO7S3/c1-2-21(18-29-25(10-5-6-16-42(34,35)36)26-20-23(32)12-14-28(26)41-29)19-30-33(15-7-17-43(37,38)39)31-24-9-4-3-8-22(24)11-13-27(31)40-30/h3-4,8-9,11-14,18,20,30H,2,5-7,10,15-17,19H2,1H3,(H,34,35,36)(H,37,38,39)/b21-18+. The van der Waals surface area contributed by atoms with Gasteiger partial charge in [-0.3, -0.25) is 9.11 Å². The Kier molecular flexibility index (Phi) is 9.70. The summed E-state index contributed by atoms with van der Waals surface area (Å²) in [6.45, 7) is 2.48. The summed E-state index contributed by atoms with van der Waals surface area (Å²) in [6.07, 6.45) is 4.97. The average molecular weight is 664 g/mol. The van der Waals surface area contributed by atoms with Crippen molar-refractivity contribution in [2.24, 2.45) is 0 Å². The molecule has 2 N–H and O–H groups in total. The number of anilines is 1. The number of nitrogens with zero attached hydrogens (tertiary/aromatic N) is 1. The second kappa shape index (κ2) is 13.1. The first kappa shape index (κ1) is 31.7. The van der Waals surface area contributed by atoms with Gasteiger partial charge in [-0.25, -0.2) is 0 Å². The van der Waals surface area contributed by atoms with Gasteiger partial charge < -0.3 is 9.64 Å². The zero-order valence-corrected chi connectivity index (χ0v) is 26.9. The van der Waals surface area contributed by atoms with Crippen molar-refractivity contribution in [3.8, 4) is 5.75 Å². The Labute approximate surface area is 261 Å². The second-order valence-electron chi connectivity index (χ2n) is 10.7. The van der Waals surface area contributed by atoms with Crippen molar-refractivity contribution in [1.82, 2.24) is 0 Å². The van der Waals surface area contributed by atoms with E-state index in [1.807, 2.05) is 54.6 Å². The first-order valence-corrected chi connectivity index (χ1v) is 18.6. The monoisotopic (exact) mass is 663 g/mol. The number of fused-ring (bicyclic) bond motifs is 4. The number of hydrogen-bond acceptors (Lipinski definition) is 7. The zero-order chi connectivity index (χ0) is 30.8. The molecule has 1 aromatic heterocycles. The van der Waals surface area contributed by atoms with Crippen LogP contribution in [0.2, 0.25) is 5.02 Å². The van der Waals surface area contributed by atoms with Gasteiger partial charge in [0.2, 0.25) is 0 Å². The number of unbranched alkanes of at least 4 members (excludes halogenated alkanes) is 1. The van der Waals surface area contributed by atoms with Crippen molar-refractivity contribution < 1.29 is 30.7 Å². The van der Waals surface area contributed by atoms with Gasteiger partial charge in [-0.1, -0.05) is 54.4 Å². The van der Waals surface area contributed by atoms with E-state index >= 15 is 0 Å². The smallest absolute Gasteiger partial charge is 0.264 e. The topological polar surface area (TPSA) is 121 Å². The molecule has 1 atom stereocenters. The summed E-state index contributed by atoms with van der Waals surface area (Å²) in [7, 11) is -8.11. The first-order chi connectivity index (χ1) is 20.4. The summed E-state index contributed by atoms with van der Waals surface area (Å²) >= 11 is 7.99. The fourth-order valence-electron chi connectivity index (χ4n) is 5.62. The highest BCUT2D eigenvalue weighted by atomic mass is 35.5. The minimum Gasteiger partial charge on any atom is -0.468 e. The maximum absolute atomic E-state index is 11.5. The third-order valence-electron chi connectivity index (χ3n) is 7.65. The van der Waals surface area contributed by atoms with Crippen LogP contribution in [0.3, 0.4) is 0 Å². The second-order valence-corrected chi connectivity index (χ2v) is 15.4. The van der Waals surface area contributed by atoms with E-state index in [9.17, 15) is 21.4 Å². The Balaban J connectivity index is 1.46. The number of halogens is 1. The van der Waals surface area contributed by atoms with Crippen LogP contribution < -0.4 is 9.64 Å². The lowest BCUT2D eigenvalue weighted by molar-refractivity contribution is 0.223. The molecule has 0 saturated carbocycles. The van der Waals surface area contributed by atoms with E-state index < -0.39 is 20.2 Å². The van der Waals surface area contributed by atoms with Crippen LogP contribution in [0.1, 0.15) is 49.5 Å². The van der Waals surface area contributed by atoms with Gasteiger partial charge in [0.15, 0.2) is 6.23 Å². The molecule has 12 heteroatoms. The Bertz CT molecular complexity index is 1880. The van der Waals surface area contributed by atoms with Crippen LogP contribution in [-0.4, -0.2) is 50.2 Å². The minimum absolute atomic E-state index is 0.247. The molecule has 0 bridgehead atoms. The van der Waals surface area contributed by atoms with Crippen LogP contribution >= 0.6 is 22.9 Å². The predicted molar refractivity (Wildman–Crippen MR) is 176 cm³/mol. The van der Waals surface area contributed by atoms with Crippen LogP contribution in [0.4, 0.5) is 5.69 Å². The number of rotatable bonds is 13. The highest BCUT2D eigenvalue weighted by molar-refractivity contribution is 7.86. The fraction of sp³-hybridized carbons (Fsp3) is 0.355. The quantitative estimate of drug-likeness (QED) is 0.111. The van der Waals surface area contributed by atoms with E-state index in [2.05, 4.69) is 17.9 Å².